The van der Waals surface area contributed by atoms with Crippen molar-refractivity contribution in [2.75, 3.05) is 24.9 Å². The molecule has 0 aliphatic heterocycles. The first kappa shape index (κ1) is 33.8. The first-order valence-corrected chi connectivity index (χ1v) is 15.5. The Labute approximate surface area is 265 Å². The number of hydrogen-bond acceptors (Lipinski definition) is 4. The van der Waals surface area contributed by atoms with E-state index in [1.165, 1.54) is 24.0 Å². The zero-order valence-electron chi connectivity index (χ0n) is 27.1. The molecule has 4 heteroatoms. The van der Waals surface area contributed by atoms with Gasteiger partial charge in [0, 0.05) is 22.7 Å². The normalized spacial score (nSPS) is 11.4. The molecule has 44 heavy (non-hydrogen) atoms. The van der Waals surface area contributed by atoms with E-state index in [-0.39, 0.29) is 0 Å². The lowest BCUT2D eigenvalue weighted by molar-refractivity contribution is 0.414. The highest BCUT2D eigenvalue weighted by molar-refractivity contribution is 5.65. The van der Waals surface area contributed by atoms with Crippen molar-refractivity contribution in [3.63, 3.8) is 0 Å². The van der Waals surface area contributed by atoms with Crippen LogP contribution in [0, 0.1) is 0 Å². The molecular formula is C40H48N2O2. The molecule has 0 fully saturated rings. The summed E-state index contributed by atoms with van der Waals surface area (Å²) in [6, 6.07) is 45.2. The van der Waals surface area contributed by atoms with Crippen molar-refractivity contribution in [1.82, 2.24) is 0 Å². The summed E-state index contributed by atoms with van der Waals surface area (Å²) in [5, 5.41) is 6.73. The summed E-state index contributed by atoms with van der Waals surface area (Å²) in [6.45, 7) is 8.88. The van der Waals surface area contributed by atoms with Gasteiger partial charge in [-0.2, -0.15) is 0 Å². The highest BCUT2D eigenvalue weighted by Crippen LogP contribution is 2.23. The topological polar surface area (TPSA) is 42.5 Å². The minimum absolute atomic E-state index is 0.649. The molecule has 5 rings (SSSR count). The van der Waals surface area contributed by atoms with Crippen molar-refractivity contribution >= 4 is 22.7 Å². The summed E-state index contributed by atoms with van der Waals surface area (Å²) in [5.74, 6) is 3.16. The summed E-state index contributed by atoms with van der Waals surface area (Å²) in [4.78, 5) is 0. The first-order chi connectivity index (χ1) is 21.4. The fraction of sp³-hybridized carbons (Fsp3) is 0.250. The number of methoxy groups -OCH3 is 2. The van der Waals surface area contributed by atoms with Crippen LogP contribution in [0.2, 0.25) is 0 Å². The summed E-state index contributed by atoms with van der Waals surface area (Å²) in [6.07, 6.45) is 2.37. The summed E-state index contributed by atoms with van der Waals surface area (Å²) < 4.78 is 10.2. The number of anilines is 4. The number of para-hydroxylation sites is 2. The number of nitrogens with one attached hydrogen (secondary N) is 2. The van der Waals surface area contributed by atoms with E-state index in [0.29, 0.717) is 11.8 Å². The van der Waals surface area contributed by atoms with Crippen molar-refractivity contribution in [3.8, 4) is 11.5 Å². The van der Waals surface area contributed by atoms with Crippen LogP contribution in [-0.2, 0) is 0 Å². The minimum Gasteiger partial charge on any atom is -0.497 e. The zero-order chi connectivity index (χ0) is 31.6. The van der Waals surface area contributed by atoms with E-state index in [1.54, 1.807) is 14.2 Å². The molecule has 0 aliphatic rings. The van der Waals surface area contributed by atoms with Crippen LogP contribution in [0.25, 0.3) is 0 Å². The van der Waals surface area contributed by atoms with E-state index in [4.69, 9.17) is 9.47 Å². The van der Waals surface area contributed by atoms with Crippen molar-refractivity contribution in [1.29, 1.82) is 0 Å². The third-order valence-corrected chi connectivity index (χ3v) is 7.60. The number of ether oxygens (including phenoxy) is 2. The number of hydrogen-bond donors (Lipinski definition) is 2. The van der Waals surface area contributed by atoms with Gasteiger partial charge in [0.15, 0.2) is 0 Å². The summed E-state index contributed by atoms with van der Waals surface area (Å²) in [5.41, 5.74) is 7.12. The molecule has 0 radical (unpaired) electrons. The average molecular weight is 589 g/mol. The van der Waals surface area contributed by atoms with E-state index in [1.807, 2.05) is 60.7 Å². The fourth-order valence-electron chi connectivity index (χ4n) is 4.35. The maximum Gasteiger partial charge on any atom is 0.118 e. The number of rotatable bonds is 10. The predicted molar refractivity (Wildman–Crippen MR) is 189 cm³/mol. The molecule has 5 aromatic rings. The first-order valence-electron chi connectivity index (χ1n) is 15.5. The second-order valence-corrected chi connectivity index (χ2v) is 10.7. The lowest BCUT2D eigenvalue weighted by Gasteiger charge is -2.09. The molecular weight excluding hydrogens is 540 g/mol. The largest absolute Gasteiger partial charge is 0.497 e. The third kappa shape index (κ3) is 11.5. The van der Waals surface area contributed by atoms with Crippen LogP contribution in [0.4, 0.5) is 22.7 Å². The van der Waals surface area contributed by atoms with Gasteiger partial charge >= 0.3 is 0 Å². The van der Waals surface area contributed by atoms with Gasteiger partial charge in [-0.25, -0.2) is 0 Å². The van der Waals surface area contributed by atoms with Gasteiger partial charge in [-0.05, 0) is 109 Å². The van der Waals surface area contributed by atoms with Gasteiger partial charge in [-0.15, -0.1) is 0 Å². The van der Waals surface area contributed by atoms with Gasteiger partial charge in [-0.1, -0.05) is 88.4 Å². The van der Waals surface area contributed by atoms with Crippen molar-refractivity contribution in [2.45, 2.75) is 52.4 Å². The van der Waals surface area contributed by atoms with Crippen LogP contribution in [0.1, 0.15) is 63.5 Å². The molecule has 0 saturated carbocycles. The van der Waals surface area contributed by atoms with Crippen molar-refractivity contribution in [2.24, 2.45) is 0 Å². The molecule has 4 nitrogen and oxygen atoms in total. The molecule has 2 unspecified atom stereocenters. The van der Waals surface area contributed by atoms with Gasteiger partial charge in [-0.3, -0.25) is 0 Å². The Morgan fingerprint density at radius 3 is 1.00 bits per heavy atom. The Bertz CT molecular complexity index is 1320. The minimum atomic E-state index is 0.649. The highest BCUT2D eigenvalue weighted by atomic mass is 16.5. The van der Waals surface area contributed by atoms with Crippen LogP contribution in [0.15, 0.2) is 133 Å². The van der Waals surface area contributed by atoms with Crippen molar-refractivity contribution in [3.05, 3.63) is 145 Å². The van der Waals surface area contributed by atoms with Gasteiger partial charge in [0.2, 0.25) is 0 Å². The van der Waals surface area contributed by atoms with Crippen LogP contribution >= 0.6 is 0 Å². The van der Waals surface area contributed by atoms with Gasteiger partial charge in [0.1, 0.15) is 11.5 Å². The Morgan fingerprint density at radius 2 is 0.727 bits per heavy atom. The standard InChI is InChI=1S/C18H16N2.2C11H16O/c1-3-7-15(8-4-1)19-17-11-13-18(14-12-17)20-16-9-5-2-6-10-16;2*1-4-9(2)10-5-7-11(12-3)8-6-10/h1-14,19-20H;2*5-9H,4H2,1-3H3. The zero-order valence-corrected chi connectivity index (χ0v) is 27.1. The SMILES string of the molecule is CCC(C)c1ccc(OC)cc1.CCC(C)c1ccc(OC)cc1.c1ccc(Nc2ccc(Nc3ccccc3)cc2)cc1. The average Bonchev–Trinajstić information content (AvgIpc) is 3.10. The Balaban J connectivity index is 0.000000192. The van der Waals surface area contributed by atoms with Crippen LogP contribution in [0.3, 0.4) is 0 Å². The molecule has 0 aromatic heterocycles. The maximum absolute atomic E-state index is 5.08. The monoisotopic (exact) mass is 588 g/mol. The van der Waals surface area contributed by atoms with E-state index < -0.39 is 0 Å². The molecule has 230 valence electrons. The predicted octanol–water partition coefficient (Wildman–Crippen LogP) is 11.6. The van der Waals surface area contributed by atoms with Crippen molar-refractivity contribution < 1.29 is 9.47 Å². The molecule has 2 N–H and O–H groups in total. The van der Waals surface area contributed by atoms with Crippen LogP contribution in [-0.4, -0.2) is 14.2 Å². The molecule has 0 aliphatic carbocycles. The molecule has 5 aromatic carbocycles. The quantitative estimate of drug-likeness (QED) is 0.170. The van der Waals surface area contributed by atoms with Gasteiger partial charge in [0.25, 0.3) is 0 Å². The van der Waals surface area contributed by atoms with Crippen LogP contribution in [0.5, 0.6) is 11.5 Å². The molecule has 0 saturated heterocycles. The van der Waals surface area contributed by atoms with E-state index in [0.717, 1.165) is 34.2 Å². The Hall–Kier alpha value is -4.70. The van der Waals surface area contributed by atoms with Gasteiger partial charge in [0.05, 0.1) is 14.2 Å². The lowest BCUT2D eigenvalue weighted by atomic mass is 9.99. The smallest absolute Gasteiger partial charge is 0.118 e. The Morgan fingerprint density at radius 1 is 0.432 bits per heavy atom. The molecule has 2 atom stereocenters. The van der Waals surface area contributed by atoms with E-state index in [9.17, 15) is 0 Å². The lowest BCUT2D eigenvalue weighted by Crippen LogP contribution is -1.92. The second kappa shape index (κ2) is 18.8. The fourth-order valence-corrected chi connectivity index (χ4v) is 4.35. The summed E-state index contributed by atoms with van der Waals surface area (Å²) >= 11 is 0. The highest BCUT2D eigenvalue weighted by Gasteiger charge is 2.02. The third-order valence-electron chi connectivity index (χ3n) is 7.60. The maximum atomic E-state index is 5.08. The van der Waals surface area contributed by atoms with E-state index >= 15 is 0 Å². The number of benzene rings is 5. The van der Waals surface area contributed by atoms with E-state index in [2.05, 4.69) is 111 Å². The molecule has 0 amide bonds. The van der Waals surface area contributed by atoms with Gasteiger partial charge < -0.3 is 20.1 Å². The molecule has 0 spiro atoms. The summed E-state index contributed by atoms with van der Waals surface area (Å²) in [7, 11) is 3.39. The molecule has 0 heterocycles. The molecule has 0 bridgehead atoms. The second-order valence-electron chi connectivity index (χ2n) is 10.7. The Kier molecular flexibility index (Phi) is 14.4. The van der Waals surface area contributed by atoms with Crippen LogP contribution < -0.4 is 20.1 Å².